The molecule has 1 aromatic carbocycles. The van der Waals surface area contributed by atoms with Crippen LogP contribution in [0.2, 0.25) is 0 Å². The number of carbonyl (C=O) groups excluding carboxylic acids is 1. The Kier molecular flexibility index (Phi) is 5.21. The minimum atomic E-state index is -0.938. The monoisotopic (exact) mass is 282 g/mol. The number of nitrogens with two attached hydrogens (primary N) is 1. The number of hydrogen-bond acceptors (Lipinski definition) is 5. The average Bonchev–Trinajstić information content (AvgIpc) is 2.42. The second-order valence-electron chi connectivity index (χ2n) is 4.91. The summed E-state index contributed by atoms with van der Waals surface area (Å²) in [6, 6.07) is 3.47. The lowest BCUT2D eigenvalue weighted by Gasteiger charge is -2.20. The first-order valence-corrected chi connectivity index (χ1v) is 6.19. The van der Waals surface area contributed by atoms with Gasteiger partial charge in [-0.15, -0.1) is 0 Å². The van der Waals surface area contributed by atoms with Gasteiger partial charge in [-0.2, -0.15) is 0 Å². The maximum Gasteiger partial charge on any atom is 0.239 e. The lowest BCUT2D eigenvalue weighted by Crippen LogP contribution is -2.48. The molecule has 0 atom stereocenters. The van der Waals surface area contributed by atoms with E-state index in [9.17, 15) is 4.79 Å². The normalized spacial score (nSPS) is 10.9. The van der Waals surface area contributed by atoms with Crippen LogP contribution in [0, 0.1) is 0 Å². The zero-order valence-electron chi connectivity index (χ0n) is 12.6. The molecule has 0 aromatic heterocycles. The van der Waals surface area contributed by atoms with Crippen molar-refractivity contribution in [1.29, 1.82) is 0 Å². The fourth-order valence-corrected chi connectivity index (χ4v) is 1.65. The molecule has 0 saturated carbocycles. The van der Waals surface area contributed by atoms with Crippen LogP contribution in [0.15, 0.2) is 12.1 Å². The molecular weight excluding hydrogens is 260 g/mol. The molecule has 0 unspecified atom stereocenters. The topological polar surface area (TPSA) is 82.8 Å². The van der Waals surface area contributed by atoms with Gasteiger partial charge in [0.1, 0.15) is 17.2 Å². The summed E-state index contributed by atoms with van der Waals surface area (Å²) in [5.41, 5.74) is 5.53. The first-order valence-electron chi connectivity index (χ1n) is 6.19. The first kappa shape index (κ1) is 16.1. The zero-order chi connectivity index (χ0) is 15.3. The van der Waals surface area contributed by atoms with Crippen molar-refractivity contribution < 1.29 is 19.0 Å². The lowest BCUT2D eigenvalue weighted by atomic mass is 10.1. The molecule has 0 spiro atoms. The molecule has 0 aliphatic heterocycles. The summed E-state index contributed by atoms with van der Waals surface area (Å²) in [4.78, 5) is 11.8. The number of ether oxygens (including phenoxy) is 3. The summed E-state index contributed by atoms with van der Waals surface area (Å²) in [7, 11) is 4.66. The molecule has 3 N–H and O–H groups in total. The highest BCUT2D eigenvalue weighted by Gasteiger charge is 2.22. The van der Waals surface area contributed by atoms with Crippen molar-refractivity contribution in [2.45, 2.75) is 25.9 Å². The Morgan fingerprint density at radius 1 is 1.15 bits per heavy atom. The molecule has 0 radical (unpaired) electrons. The summed E-state index contributed by atoms with van der Waals surface area (Å²) in [6.07, 6.45) is 0. The molecule has 0 heterocycles. The standard InChI is InChI=1S/C14H22N2O4/c1-14(2,15)13(17)16-8-10-11(19-4)6-9(18-3)7-12(10)20-5/h6-7H,8,15H2,1-5H3,(H,16,17). The SMILES string of the molecule is COc1cc(OC)c(CNC(=O)C(C)(C)N)c(OC)c1. The van der Waals surface area contributed by atoms with Gasteiger partial charge in [-0.25, -0.2) is 0 Å². The number of carbonyl (C=O) groups is 1. The van der Waals surface area contributed by atoms with Crippen molar-refractivity contribution in [3.05, 3.63) is 17.7 Å². The zero-order valence-corrected chi connectivity index (χ0v) is 12.6. The van der Waals surface area contributed by atoms with Crippen molar-refractivity contribution in [3.8, 4) is 17.2 Å². The fraction of sp³-hybridized carbons (Fsp3) is 0.500. The van der Waals surface area contributed by atoms with Crippen molar-refractivity contribution in [2.24, 2.45) is 5.73 Å². The van der Waals surface area contributed by atoms with Gasteiger partial charge < -0.3 is 25.3 Å². The average molecular weight is 282 g/mol. The van der Waals surface area contributed by atoms with Crippen LogP contribution < -0.4 is 25.3 Å². The van der Waals surface area contributed by atoms with E-state index >= 15 is 0 Å². The Hall–Kier alpha value is -1.95. The molecule has 1 aromatic rings. The predicted octanol–water partition coefficient (Wildman–Crippen LogP) is 1.07. The molecule has 6 heteroatoms. The van der Waals surface area contributed by atoms with E-state index in [2.05, 4.69) is 5.32 Å². The number of nitrogens with one attached hydrogen (secondary N) is 1. The van der Waals surface area contributed by atoms with Gasteiger partial charge in [0.15, 0.2) is 0 Å². The number of hydrogen-bond donors (Lipinski definition) is 2. The van der Waals surface area contributed by atoms with Gasteiger partial charge in [-0.1, -0.05) is 0 Å². The highest BCUT2D eigenvalue weighted by molar-refractivity contribution is 5.85. The van der Waals surface area contributed by atoms with Crippen LogP contribution in [-0.2, 0) is 11.3 Å². The van der Waals surface area contributed by atoms with Crippen LogP contribution >= 0.6 is 0 Å². The molecule has 0 fully saturated rings. The van der Waals surface area contributed by atoms with Gasteiger partial charge in [-0.05, 0) is 13.8 Å². The summed E-state index contributed by atoms with van der Waals surface area (Å²) < 4.78 is 15.8. The molecule has 0 aliphatic rings. The summed E-state index contributed by atoms with van der Waals surface area (Å²) in [6.45, 7) is 3.55. The number of methoxy groups -OCH3 is 3. The highest BCUT2D eigenvalue weighted by Crippen LogP contribution is 2.33. The lowest BCUT2D eigenvalue weighted by molar-refractivity contribution is -0.125. The minimum Gasteiger partial charge on any atom is -0.496 e. The second kappa shape index (κ2) is 6.47. The smallest absolute Gasteiger partial charge is 0.239 e. The Morgan fingerprint density at radius 3 is 2.00 bits per heavy atom. The van der Waals surface area contributed by atoms with Gasteiger partial charge in [-0.3, -0.25) is 4.79 Å². The van der Waals surface area contributed by atoms with Crippen molar-refractivity contribution in [2.75, 3.05) is 21.3 Å². The Bertz CT molecular complexity index is 456. The van der Waals surface area contributed by atoms with Crippen molar-refractivity contribution in [1.82, 2.24) is 5.32 Å². The van der Waals surface area contributed by atoms with Crippen LogP contribution in [0.25, 0.3) is 0 Å². The van der Waals surface area contributed by atoms with Crippen LogP contribution in [-0.4, -0.2) is 32.8 Å². The molecule has 20 heavy (non-hydrogen) atoms. The van der Waals surface area contributed by atoms with Gasteiger partial charge in [0, 0.05) is 12.1 Å². The number of amides is 1. The molecule has 1 rings (SSSR count). The van der Waals surface area contributed by atoms with Crippen LogP contribution in [0.1, 0.15) is 19.4 Å². The van der Waals surface area contributed by atoms with Gasteiger partial charge in [0.25, 0.3) is 0 Å². The van der Waals surface area contributed by atoms with Gasteiger partial charge in [0.2, 0.25) is 5.91 Å². The van der Waals surface area contributed by atoms with E-state index in [1.807, 2.05) is 0 Å². The highest BCUT2D eigenvalue weighted by atomic mass is 16.5. The molecule has 0 aliphatic carbocycles. The second-order valence-corrected chi connectivity index (χ2v) is 4.91. The predicted molar refractivity (Wildman–Crippen MR) is 76.2 cm³/mol. The van der Waals surface area contributed by atoms with Crippen molar-refractivity contribution >= 4 is 5.91 Å². The van der Waals surface area contributed by atoms with E-state index in [4.69, 9.17) is 19.9 Å². The summed E-state index contributed by atoms with van der Waals surface area (Å²) in [5.74, 6) is 1.53. The Balaban J connectivity index is 3.01. The van der Waals surface area contributed by atoms with E-state index in [0.29, 0.717) is 17.2 Å². The Labute approximate surface area is 119 Å². The van der Waals surface area contributed by atoms with Crippen LogP contribution in [0.3, 0.4) is 0 Å². The van der Waals surface area contributed by atoms with Gasteiger partial charge >= 0.3 is 0 Å². The molecule has 0 bridgehead atoms. The van der Waals surface area contributed by atoms with E-state index in [-0.39, 0.29) is 12.5 Å². The number of rotatable bonds is 6. The maximum atomic E-state index is 11.8. The number of benzene rings is 1. The largest absolute Gasteiger partial charge is 0.496 e. The van der Waals surface area contributed by atoms with E-state index < -0.39 is 5.54 Å². The Morgan fingerprint density at radius 2 is 1.65 bits per heavy atom. The van der Waals surface area contributed by atoms with Crippen molar-refractivity contribution in [3.63, 3.8) is 0 Å². The van der Waals surface area contributed by atoms with Crippen LogP contribution in [0.4, 0.5) is 0 Å². The third-order valence-corrected chi connectivity index (χ3v) is 2.83. The van der Waals surface area contributed by atoms with Crippen LogP contribution in [0.5, 0.6) is 17.2 Å². The molecule has 1 amide bonds. The van der Waals surface area contributed by atoms with E-state index in [1.165, 1.54) is 0 Å². The summed E-state index contributed by atoms with van der Waals surface area (Å²) in [5, 5.41) is 2.76. The fourth-order valence-electron chi connectivity index (χ4n) is 1.65. The third-order valence-electron chi connectivity index (χ3n) is 2.83. The molecule has 6 nitrogen and oxygen atoms in total. The maximum absolute atomic E-state index is 11.8. The minimum absolute atomic E-state index is 0.252. The molecule has 112 valence electrons. The van der Waals surface area contributed by atoms with E-state index in [0.717, 1.165) is 5.56 Å². The third kappa shape index (κ3) is 3.77. The van der Waals surface area contributed by atoms with Gasteiger partial charge in [0.05, 0.1) is 39.0 Å². The summed E-state index contributed by atoms with van der Waals surface area (Å²) >= 11 is 0. The van der Waals surface area contributed by atoms with E-state index in [1.54, 1.807) is 47.3 Å². The quantitative estimate of drug-likeness (QED) is 0.815. The first-order chi connectivity index (χ1) is 9.33. The molecular formula is C14H22N2O4. The molecule has 0 saturated heterocycles.